The molecule has 0 bridgehead atoms. The monoisotopic (exact) mass is 370 g/mol. The molecule has 2 aliphatic rings. The molecule has 8 heteroatoms. The summed E-state index contributed by atoms with van der Waals surface area (Å²) in [5.41, 5.74) is 2.05. The van der Waals surface area contributed by atoms with E-state index in [1.54, 1.807) is 7.11 Å². The van der Waals surface area contributed by atoms with Gasteiger partial charge in [-0.3, -0.25) is 14.6 Å². The minimum Gasteiger partial charge on any atom is -0.496 e. The van der Waals surface area contributed by atoms with E-state index in [9.17, 15) is 0 Å². The van der Waals surface area contributed by atoms with Crippen LogP contribution in [0.25, 0.3) is 0 Å². The fraction of sp³-hybridized carbons (Fsp3) is 0.474. The van der Waals surface area contributed by atoms with Gasteiger partial charge in [-0.2, -0.15) is 5.10 Å². The molecule has 144 valence electrons. The first-order chi connectivity index (χ1) is 13.3. The molecule has 27 heavy (non-hydrogen) atoms. The maximum absolute atomic E-state index is 5.46. The molecular formula is C19H26N6O2. The van der Waals surface area contributed by atoms with Crippen molar-refractivity contribution < 1.29 is 9.47 Å². The summed E-state index contributed by atoms with van der Waals surface area (Å²) in [6.07, 6.45) is 3.85. The van der Waals surface area contributed by atoms with Gasteiger partial charge in [0.1, 0.15) is 5.75 Å². The molecule has 0 radical (unpaired) electrons. The van der Waals surface area contributed by atoms with Gasteiger partial charge in [0, 0.05) is 31.4 Å². The molecule has 4 rings (SSSR count). The van der Waals surface area contributed by atoms with Gasteiger partial charge < -0.3 is 20.1 Å². The first-order valence-electron chi connectivity index (χ1n) is 9.35. The molecule has 0 amide bonds. The lowest BCUT2D eigenvalue weighted by atomic mass is 10.1. The lowest BCUT2D eigenvalue weighted by Crippen LogP contribution is -2.38. The van der Waals surface area contributed by atoms with Crippen LogP contribution in [0.2, 0.25) is 0 Å². The predicted molar refractivity (Wildman–Crippen MR) is 104 cm³/mol. The number of benzene rings is 1. The highest BCUT2D eigenvalue weighted by Gasteiger charge is 2.22. The molecule has 1 aromatic carbocycles. The number of para-hydroxylation sites is 1. The van der Waals surface area contributed by atoms with Gasteiger partial charge in [0.05, 0.1) is 51.3 Å². The molecule has 3 heterocycles. The van der Waals surface area contributed by atoms with E-state index in [2.05, 4.69) is 31.7 Å². The molecule has 0 aliphatic carbocycles. The van der Waals surface area contributed by atoms with E-state index in [1.807, 2.05) is 35.3 Å². The van der Waals surface area contributed by atoms with Crippen LogP contribution >= 0.6 is 0 Å². The zero-order valence-electron chi connectivity index (χ0n) is 15.6. The maximum atomic E-state index is 5.46. The van der Waals surface area contributed by atoms with Crippen LogP contribution in [0.5, 0.6) is 5.75 Å². The highest BCUT2D eigenvalue weighted by molar-refractivity contribution is 5.94. The summed E-state index contributed by atoms with van der Waals surface area (Å²) < 4.78 is 12.8. The third-order valence-electron chi connectivity index (χ3n) is 4.90. The molecule has 8 nitrogen and oxygen atoms in total. The number of morpholine rings is 1. The van der Waals surface area contributed by atoms with Gasteiger partial charge in [0.2, 0.25) is 0 Å². The Bertz CT molecular complexity index is 784. The molecule has 1 saturated heterocycles. The van der Waals surface area contributed by atoms with E-state index in [0.717, 1.165) is 62.4 Å². The van der Waals surface area contributed by atoms with Crippen LogP contribution in [-0.2, 0) is 11.3 Å². The van der Waals surface area contributed by atoms with Crippen LogP contribution in [0.3, 0.4) is 0 Å². The topological polar surface area (TPSA) is 75.9 Å². The van der Waals surface area contributed by atoms with Crippen LogP contribution in [0, 0.1) is 0 Å². The average Bonchev–Trinajstić information content (AvgIpc) is 3.37. The number of hydrogen-bond acceptors (Lipinski definition) is 7. The standard InChI is InChI=1S/C19H26N6O2/c1-26-18-5-3-2-4-16(18)17-13-20-19(23-17)22-15-12-21-25(14-15)7-6-24-8-10-27-11-9-24/h2-5,12,14,17H,6-11,13H2,1H3,(H2,20,22,23). The molecular weight excluding hydrogens is 344 g/mol. The van der Waals surface area contributed by atoms with Gasteiger partial charge in [-0.25, -0.2) is 0 Å². The van der Waals surface area contributed by atoms with Crippen molar-refractivity contribution in [2.45, 2.75) is 12.6 Å². The van der Waals surface area contributed by atoms with Crippen LogP contribution in [0.1, 0.15) is 11.6 Å². The lowest BCUT2D eigenvalue weighted by Gasteiger charge is -2.26. The molecule has 1 atom stereocenters. The van der Waals surface area contributed by atoms with Crippen LogP contribution in [0.15, 0.2) is 41.7 Å². The summed E-state index contributed by atoms with van der Waals surface area (Å²) in [5, 5.41) is 11.2. The minimum absolute atomic E-state index is 0.111. The van der Waals surface area contributed by atoms with Gasteiger partial charge in [0.15, 0.2) is 5.96 Å². The number of nitrogens with one attached hydrogen (secondary N) is 2. The van der Waals surface area contributed by atoms with Crippen LogP contribution < -0.4 is 15.4 Å². The Morgan fingerprint density at radius 3 is 2.96 bits per heavy atom. The number of ether oxygens (including phenoxy) is 2. The second kappa shape index (κ2) is 8.41. The number of guanidine groups is 1. The second-order valence-electron chi connectivity index (χ2n) is 6.70. The summed E-state index contributed by atoms with van der Waals surface area (Å²) in [6.45, 7) is 6.17. The van der Waals surface area contributed by atoms with Crippen molar-refractivity contribution in [3.63, 3.8) is 0 Å². The highest BCUT2D eigenvalue weighted by atomic mass is 16.5. The van der Waals surface area contributed by atoms with E-state index >= 15 is 0 Å². The summed E-state index contributed by atoms with van der Waals surface area (Å²) in [5.74, 6) is 1.64. The Hall–Kier alpha value is -2.58. The number of aromatic nitrogens is 2. The quantitative estimate of drug-likeness (QED) is 0.799. The first-order valence-corrected chi connectivity index (χ1v) is 9.35. The predicted octanol–water partition coefficient (Wildman–Crippen LogP) is 1.34. The normalized spacial score (nSPS) is 20.2. The number of anilines is 1. The Balaban J connectivity index is 1.29. The second-order valence-corrected chi connectivity index (χ2v) is 6.70. The summed E-state index contributed by atoms with van der Waals surface area (Å²) >= 11 is 0. The number of nitrogens with zero attached hydrogens (tertiary/aromatic N) is 4. The Kier molecular flexibility index (Phi) is 5.55. The number of aliphatic imine (C=N–C) groups is 1. The van der Waals surface area contributed by atoms with Crippen molar-refractivity contribution in [1.29, 1.82) is 0 Å². The van der Waals surface area contributed by atoms with Crippen molar-refractivity contribution in [1.82, 2.24) is 20.0 Å². The molecule has 0 saturated carbocycles. The number of hydrogen-bond donors (Lipinski definition) is 2. The van der Waals surface area contributed by atoms with Gasteiger partial charge in [-0.05, 0) is 6.07 Å². The van der Waals surface area contributed by atoms with Crippen molar-refractivity contribution >= 4 is 11.6 Å². The molecule has 1 fully saturated rings. The molecule has 0 spiro atoms. The first kappa shape index (κ1) is 17.8. The SMILES string of the molecule is COc1ccccc1C1CN=C(Nc2cnn(CCN3CCOCC3)c2)N1. The lowest BCUT2D eigenvalue weighted by molar-refractivity contribution is 0.0360. The van der Waals surface area contributed by atoms with Crippen LogP contribution in [0.4, 0.5) is 5.69 Å². The maximum Gasteiger partial charge on any atom is 0.196 e. The fourth-order valence-corrected chi connectivity index (χ4v) is 3.40. The third kappa shape index (κ3) is 4.40. The molecule has 2 aromatic rings. The Morgan fingerprint density at radius 2 is 2.11 bits per heavy atom. The van der Waals surface area contributed by atoms with E-state index in [-0.39, 0.29) is 6.04 Å². The Morgan fingerprint density at radius 1 is 1.26 bits per heavy atom. The van der Waals surface area contributed by atoms with Crippen LogP contribution in [-0.4, -0.2) is 67.1 Å². The van der Waals surface area contributed by atoms with E-state index in [1.165, 1.54) is 0 Å². The molecule has 1 unspecified atom stereocenters. The smallest absolute Gasteiger partial charge is 0.196 e. The van der Waals surface area contributed by atoms with Crippen molar-refractivity contribution in [3.05, 3.63) is 42.2 Å². The van der Waals surface area contributed by atoms with Gasteiger partial charge in [-0.1, -0.05) is 18.2 Å². The van der Waals surface area contributed by atoms with Gasteiger partial charge in [-0.15, -0.1) is 0 Å². The van der Waals surface area contributed by atoms with Gasteiger partial charge >= 0.3 is 0 Å². The Labute approximate surface area is 159 Å². The average molecular weight is 370 g/mol. The molecule has 1 aromatic heterocycles. The van der Waals surface area contributed by atoms with E-state index in [4.69, 9.17) is 9.47 Å². The molecule has 2 N–H and O–H groups in total. The fourth-order valence-electron chi connectivity index (χ4n) is 3.40. The van der Waals surface area contributed by atoms with Crippen molar-refractivity contribution in [2.24, 2.45) is 4.99 Å². The van der Waals surface area contributed by atoms with Gasteiger partial charge in [0.25, 0.3) is 0 Å². The minimum atomic E-state index is 0.111. The molecule has 2 aliphatic heterocycles. The summed E-state index contributed by atoms with van der Waals surface area (Å²) in [4.78, 5) is 6.97. The number of rotatable bonds is 6. The largest absolute Gasteiger partial charge is 0.496 e. The van der Waals surface area contributed by atoms with Crippen molar-refractivity contribution in [2.75, 3.05) is 51.8 Å². The van der Waals surface area contributed by atoms with Crippen molar-refractivity contribution in [3.8, 4) is 5.75 Å². The summed E-state index contributed by atoms with van der Waals surface area (Å²) in [7, 11) is 1.69. The third-order valence-corrected chi connectivity index (χ3v) is 4.90. The van der Waals surface area contributed by atoms with E-state index < -0.39 is 0 Å². The summed E-state index contributed by atoms with van der Waals surface area (Å²) in [6, 6.07) is 8.14. The zero-order chi connectivity index (χ0) is 18.5. The highest BCUT2D eigenvalue weighted by Crippen LogP contribution is 2.27. The zero-order valence-corrected chi connectivity index (χ0v) is 15.6. The van der Waals surface area contributed by atoms with E-state index in [0.29, 0.717) is 6.54 Å². The number of methoxy groups -OCH3 is 1.